The molecule has 0 aliphatic carbocycles. The van der Waals surface area contributed by atoms with Gasteiger partial charge in [0.05, 0.1) is 18.4 Å². The number of benzene rings is 2. The highest BCUT2D eigenvalue weighted by Crippen LogP contribution is 2.38. The Morgan fingerprint density at radius 2 is 1.94 bits per heavy atom. The number of aromatic nitrogens is 3. The third-order valence-electron chi connectivity index (χ3n) is 5.51. The van der Waals surface area contributed by atoms with Gasteiger partial charge in [0.1, 0.15) is 17.6 Å². The molecule has 0 bridgehead atoms. The fraction of sp³-hybridized carbons (Fsp3) is 0.160. The summed E-state index contributed by atoms with van der Waals surface area (Å²) in [6.07, 6.45) is 0. The number of fused-ring (bicyclic) bond motifs is 1. The Labute approximate surface area is 214 Å². The summed E-state index contributed by atoms with van der Waals surface area (Å²) in [6, 6.07) is 20.4. The minimum Gasteiger partial charge on any atom is -0.495 e. The number of allylic oxidation sites excluding steroid dienone is 1. The molecule has 5 rings (SSSR count). The molecule has 1 unspecified atom stereocenters. The van der Waals surface area contributed by atoms with Gasteiger partial charge in [0.2, 0.25) is 11.1 Å². The molecule has 10 heteroatoms. The zero-order chi connectivity index (χ0) is 24.4. The molecule has 4 aromatic rings. The largest absolute Gasteiger partial charge is 0.495 e. The number of halogens is 1. The molecule has 0 spiro atoms. The predicted molar refractivity (Wildman–Crippen MR) is 139 cm³/mol. The van der Waals surface area contributed by atoms with Crippen LogP contribution in [0.1, 0.15) is 24.3 Å². The molecule has 3 heterocycles. The highest BCUT2D eigenvalue weighted by Gasteiger charge is 2.36. The molecule has 2 aromatic carbocycles. The molecule has 2 N–H and O–H groups in total. The minimum atomic E-state index is -0.606. The average molecular weight is 552 g/mol. The van der Waals surface area contributed by atoms with Crippen LogP contribution in [0, 0.1) is 0 Å². The summed E-state index contributed by atoms with van der Waals surface area (Å²) in [5.41, 5.74) is 2.88. The van der Waals surface area contributed by atoms with E-state index in [4.69, 9.17) is 14.3 Å². The number of anilines is 2. The molecular weight excluding hydrogens is 530 g/mol. The second kappa shape index (κ2) is 10.0. The number of hydrogen-bond donors (Lipinski definition) is 2. The predicted octanol–water partition coefficient (Wildman–Crippen LogP) is 5.86. The van der Waals surface area contributed by atoms with Gasteiger partial charge in [0.25, 0.3) is 5.91 Å². The lowest BCUT2D eigenvalue weighted by Crippen LogP contribution is -2.31. The van der Waals surface area contributed by atoms with Crippen molar-refractivity contribution < 1.29 is 13.9 Å². The normalized spacial score (nSPS) is 14.9. The number of ether oxygens (including phenoxy) is 1. The SMILES string of the molecule is COc1ccccc1NC(=O)C1=C(C)Nc2nc(SCc3ccccc3)nn2C1c1ccc(Br)o1. The molecule has 2 aromatic heterocycles. The van der Waals surface area contributed by atoms with E-state index in [2.05, 4.69) is 43.7 Å². The van der Waals surface area contributed by atoms with Crippen molar-refractivity contribution in [3.63, 3.8) is 0 Å². The summed E-state index contributed by atoms with van der Waals surface area (Å²) in [4.78, 5) is 18.2. The number of hydrogen-bond acceptors (Lipinski definition) is 7. The fourth-order valence-corrected chi connectivity index (χ4v) is 4.99. The van der Waals surface area contributed by atoms with Crippen molar-refractivity contribution in [1.29, 1.82) is 0 Å². The second-order valence-corrected chi connectivity index (χ2v) is 9.52. The molecule has 178 valence electrons. The summed E-state index contributed by atoms with van der Waals surface area (Å²) in [7, 11) is 1.57. The minimum absolute atomic E-state index is 0.295. The van der Waals surface area contributed by atoms with E-state index in [0.717, 1.165) is 5.75 Å². The van der Waals surface area contributed by atoms with Crippen LogP contribution >= 0.6 is 27.7 Å². The molecular formula is C25H22BrN5O3S. The number of rotatable bonds is 7. The average Bonchev–Trinajstić information content (AvgIpc) is 3.48. The standard InChI is InChI=1S/C25H22BrN5O3S/c1-15-21(23(32)28-17-10-6-7-11-18(17)33-2)22(19-12-13-20(26)34-19)31-24(27-15)29-25(30-31)35-14-16-8-4-3-5-9-16/h3-13,22H,14H2,1-2H3,(H,28,32)(H,27,29,30). The first-order chi connectivity index (χ1) is 17.0. The van der Waals surface area contributed by atoms with Gasteiger partial charge in [-0.05, 0) is 52.7 Å². The Hall–Kier alpha value is -3.50. The van der Waals surface area contributed by atoms with Gasteiger partial charge >= 0.3 is 0 Å². The van der Waals surface area contributed by atoms with Crippen molar-refractivity contribution in [2.75, 3.05) is 17.7 Å². The van der Waals surface area contributed by atoms with E-state index < -0.39 is 6.04 Å². The fourth-order valence-electron chi connectivity index (χ4n) is 3.88. The lowest BCUT2D eigenvalue weighted by molar-refractivity contribution is -0.113. The molecule has 1 atom stereocenters. The van der Waals surface area contributed by atoms with Crippen molar-refractivity contribution in [3.8, 4) is 5.75 Å². The topological polar surface area (TPSA) is 94.2 Å². The van der Waals surface area contributed by atoms with Crippen LogP contribution in [0.2, 0.25) is 0 Å². The monoisotopic (exact) mass is 551 g/mol. The molecule has 0 saturated heterocycles. The molecule has 0 radical (unpaired) electrons. The van der Waals surface area contributed by atoms with Gasteiger partial charge in [0, 0.05) is 11.4 Å². The zero-order valence-corrected chi connectivity index (χ0v) is 21.4. The van der Waals surface area contributed by atoms with Crippen molar-refractivity contribution in [2.45, 2.75) is 23.9 Å². The van der Waals surface area contributed by atoms with Crippen LogP contribution in [0.4, 0.5) is 11.6 Å². The summed E-state index contributed by atoms with van der Waals surface area (Å²) in [5.74, 6) is 2.12. The number of methoxy groups -OCH3 is 1. The summed E-state index contributed by atoms with van der Waals surface area (Å²) < 4.78 is 13.6. The van der Waals surface area contributed by atoms with Crippen LogP contribution in [0.5, 0.6) is 5.75 Å². The number of furan rings is 1. The van der Waals surface area contributed by atoms with E-state index >= 15 is 0 Å². The van der Waals surface area contributed by atoms with E-state index in [9.17, 15) is 4.79 Å². The molecule has 8 nitrogen and oxygen atoms in total. The zero-order valence-electron chi connectivity index (χ0n) is 19.0. The van der Waals surface area contributed by atoms with Gasteiger partial charge in [0.15, 0.2) is 4.67 Å². The quantitative estimate of drug-likeness (QED) is 0.277. The summed E-state index contributed by atoms with van der Waals surface area (Å²) in [6.45, 7) is 1.84. The number of carbonyl (C=O) groups excluding carboxylic acids is 1. The second-order valence-electron chi connectivity index (χ2n) is 7.80. The van der Waals surface area contributed by atoms with Crippen molar-refractivity contribution in [3.05, 3.63) is 94.0 Å². The van der Waals surface area contributed by atoms with Crippen molar-refractivity contribution >= 4 is 45.2 Å². The molecule has 1 aliphatic heterocycles. The number of thioether (sulfide) groups is 1. The number of amides is 1. The van der Waals surface area contributed by atoms with E-state index in [-0.39, 0.29) is 5.91 Å². The first-order valence-corrected chi connectivity index (χ1v) is 12.6. The van der Waals surface area contributed by atoms with Gasteiger partial charge in [-0.3, -0.25) is 4.79 Å². The Bertz CT molecular complexity index is 1400. The summed E-state index contributed by atoms with van der Waals surface area (Å²) >= 11 is 4.90. The van der Waals surface area contributed by atoms with E-state index in [1.165, 1.54) is 17.3 Å². The molecule has 1 amide bonds. The van der Waals surface area contributed by atoms with Crippen molar-refractivity contribution in [2.24, 2.45) is 0 Å². The van der Waals surface area contributed by atoms with Gasteiger partial charge in [-0.15, -0.1) is 5.10 Å². The molecule has 35 heavy (non-hydrogen) atoms. The Morgan fingerprint density at radius 3 is 2.69 bits per heavy atom. The van der Waals surface area contributed by atoms with Crippen LogP contribution in [-0.4, -0.2) is 27.8 Å². The Balaban J connectivity index is 1.48. The highest BCUT2D eigenvalue weighted by atomic mass is 79.9. The summed E-state index contributed by atoms with van der Waals surface area (Å²) in [5, 5.41) is 11.5. The highest BCUT2D eigenvalue weighted by molar-refractivity contribution is 9.10. The number of para-hydroxylation sites is 2. The van der Waals surface area contributed by atoms with Gasteiger partial charge < -0.3 is 19.8 Å². The van der Waals surface area contributed by atoms with Crippen LogP contribution in [0.3, 0.4) is 0 Å². The van der Waals surface area contributed by atoms with E-state index in [0.29, 0.717) is 44.2 Å². The molecule has 1 aliphatic rings. The number of carbonyl (C=O) groups is 1. The van der Waals surface area contributed by atoms with Gasteiger partial charge in [-0.25, -0.2) is 4.68 Å². The van der Waals surface area contributed by atoms with Crippen LogP contribution < -0.4 is 15.4 Å². The lowest BCUT2D eigenvalue weighted by Gasteiger charge is -2.27. The van der Waals surface area contributed by atoms with Crippen molar-refractivity contribution in [1.82, 2.24) is 14.8 Å². The van der Waals surface area contributed by atoms with Crippen LogP contribution in [-0.2, 0) is 10.5 Å². The van der Waals surface area contributed by atoms with Crippen LogP contribution in [0.15, 0.2) is 92.2 Å². The van der Waals surface area contributed by atoms with Gasteiger partial charge in [-0.2, -0.15) is 4.98 Å². The third-order valence-corrected chi connectivity index (χ3v) is 6.84. The lowest BCUT2D eigenvalue weighted by atomic mass is 10.00. The number of nitrogens with one attached hydrogen (secondary N) is 2. The maximum absolute atomic E-state index is 13.6. The first-order valence-electron chi connectivity index (χ1n) is 10.8. The molecule has 0 fully saturated rings. The smallest absolute Gasteiger partial charge is 0.256 e. The third kappa shape index (κ3) is 4.85. The number of nitrogens with zero attached hydrogens (tertiary/aromatic N) is 3. The maximum Gasteiger partial charge on any atom is 0.256 e. The molecule has 0 saturated carbocycles. The maximum atomic E-state index is 13.6. The van der Waals surface area contributed by atoms with Gasteiger partial charge in [-0.1, -0.05) is 54.2 Å². The van der Waals surface area contributed by atoms with E-state index in [1.54, 1.807) is 30.0 Å². The Morgan fingerprint density at radius 1 is 1.17 bits per heavy atom. The van der Waals surface area contributed by atoms with Crippen LogP contribution in [0.25, 0.3) is 0 Å². The van der Waals surface area contributed by atoms with E-state index in [1.807, 2.05) is 43.3 Å². The first kappa shape index (κ1) is 23.3. The Kier molecular flexibility index (Phi) is 6.65.